The highest BCUT2D eigenvalue weighted by Crippen LogP contribution is 2.28. The molecule has 1 aliphatic rings. The van der Waals surface area contributed by atoms with E-state index in [1.54, 1.807) is 6.07 Å². The van der Waals surface area contributed by atoms with E-state index in [2.05, 4.69) is 19.2 Å². The van der Waals surface area contributed by atoms with Crippen molar-refractivity contribution in [1.29, 1.82) is 0 Å². The lowest BCUT2D eigenvalue weighted by Crippen LogP contribution is -2.61. The van der Waals surface area contributed by atoms with Gasteiger partial charge in [-0.3, -0.25) is 14.4 Å². The second-order valence-electron chi connectivity index (χ2n) is 8.83. The van der Waals surface area contributed by atoms with Gasteiger partial charge in [0.15, 0.2) is 0 Å². The minimum atomic E-state index is -4.02. The molecule has 1 atom stereocenters. The molecule has 190 valence electrons. The lowest BCUT2D eigenvalue weighted by atomic mass is 10.0. The topological polar surface area (TPSA) is 124 Å². The van der Waals surface area contributed by atoms with E-state index in [4.69, 9.17) is 5.11 Å². The van der Waals surface area contributed by atoms with Gasteiger partial charge in [0, 0.05) is 38.0 Å². The molecular formula is C24H31N3O6S2. The van der Waals surface area contributed by atoms with Crippen molar-refractivity contribution in [3.05, 3.63) is 52.4 Å². The van der Waals surface area contributed by atoms with Gasteiger partial charge in [0.2, 0.25) is 11.8 Å². The first-order chi connectivity index (χ1) is 16.5. The van der Waals surface area contributed by atoms with Crippen molar-refractivity contribution in [2.45, 2.75) is 56.3 Å². The summed E-state index contributed by atoms with van der Waals surface area (Å²) in [6, 6.07) is 9.83. The van der Waals surface area contributed by atoms with Crippen molar-refractivity contribution in [1.82, 2.24) is 14.5 Å². The third kappa shape index (κ3) is 6.68. The van der Waals surface area contributed by atoms with Gasteiger partial charge in [-0.1, -0.05) is 38.1 Å². The fourth-order valence-corrected chi connectivity index (χ4v) is 6.91. The minimum Gasteiger partial charge on any atom is -0.481 e. The van der Waals surface area contributed by atoms with Crippen LogP contribution in [0.5, 0.6) is 0 Å². The van der Waals surface area contributed by atoms with Crippen LogP contribution in [0, 0.1) is 0 Å². The van der Waals surface area contributed by atoms with Gasteiger partial charge in [-0.05, 0) is 35.6 Å². The average Bonchev–Trinajstić information content (AvgIpc) is 3.31. The molecule has 1 fully saturated rings. The molecule has 0 aliphatic carbocycles. The SMILES string of the molecule is CC(=O)N1CCN(S(=O)(=O)c2ccc(CCC(=O)O)s2)C(C(=O)NCc2ccc(C(C)C)cc2)C1. The Morgan fingerprint density at radius 3 is 2.40 bits per heavy atom. The number of carboxylic acid groups (broad SMARTS) is 1. The second kappa shape index (κ2) is 11.3. The quantitative estimate of drug-likeness (QED) is 0.522. The highest BCUT2D eigenvalue weighted by Gasteiger charge is 2.41. The molecule has 0 bridgehead atoms. The molecule has 3 rings (SSSR count). The van der Waals surface area contributed by atoms with Crippen LogP contribution in [0.2, 0.25) is 0 Å². The molecule has 1 saturated heterocycles. The number of hydrogen-bond donors (Lipinski definition) is 2. The van der Waals surface area contributed by atoms with E-state index >= 15 is 0 Å². The Bertz CT molecular complexity index is 1170. The predicted molar refractivity (Wildman–Crippen MR) is 133 cm³/mol. The van der Waals surface area contributed by atoms with Crippen molar-refractivity contribution >= 4 is 39.1 Å². The summed E-state index contributed by atoms with van der Waals surface area (Å²) in [5, 5.41) is 11.7. The number of aryl methyl sites for hydroxylation is 1. The van der Waals surface area contributed by atoms with Crippen LogP contribution in [-0.4, -0.2) is 66.2 Å². The first-order valence-corrected chi connectivity index (χ1v) is 13.7. The third-order valence-corrected chi connectivity index (χ3v) is 9.50. The van der Waals surface area contributed by atoms with Gasteiger partial charge in [0.1, 0.15) is 10.3 Å². The summed E-state index contributed by atoms with van der Waals surface area (Å²) < 4.78 is 28.1. The van der Waals surface area contributed by atoms with Gasteiger partial charge in [-0.15, -0.1) is 11.3 Å². The molecule has 0 saturated carbocycles. The van der Waals surface area contributed by atoms with E-state index in [1.807, 2.05) is 24.3 Å². The number of amides is 2. The van der Waals surface area contributed by atoms with Crippen molar-refractivity contribution < 1.29 is 27.9 Å². The number of thiophene rings is 1. The maximum absolute atomic E-state index is 13.4. The van der Waals surface area contributed by atoms with Crippen molar-refractivity contribution in [2.24, 2.45) is 0 Å². The number of aliphatic carboxylic acids is 1. The van der Waals surface area contributed by atoms with E-state index in [9.17, 15) is 22.8 Å². The fraction of sp³-hybridized carbons (Fsp3) is 0.458. The molecule has 1 unspecified atom stereocenters. The van der Waals surface area contributed by atoms with Crippen molar-refractivity contribution in [3.63, 3.8) is 0 Å². The molecular weight excluding hydrogens is 490 g/mol. The Labute approximate surface area is 209 Å². The van der Waals surface area contributed by atoms with Crippen LogP contribution in [0.1, 0.15) is 49.1 Å². The molecule has 35 heavy (non-hydrogen) atoms. The Balaban J connectivity index is 1.78. The summed E-state index contributed by atoms with van der Waals surface area (Å²) in [6.07, 6.45) is 0.133. The fourth-order valence-electron chi connectivity index (χ4n) is 3.86. The Kier molecular flexibility index (Phi) is 8.68. The molecule has 1 aliphatic heterocycles. The normalized spacial score (nSPS) is 16.9. The van der Waals surface area contributed by atoms with Gasteiger partial charge in [0.05, 0.1) is 6.42 Å². The average molecular weight is 522 g/mol. The molecule has 2 heterocycles. The number of piperazine rings is 1. The Morgan fingerprint density at radius 1 is 1.11 bits per heavy atom. The first kappa shape index (κ1) is 26.8. The minimum absolute atomic E-state index is 0.00849. The highest BCUT2D eigenvalue weighted by molar-refractivity contribution is 7.91. The molecule has 1 aromatic heterocycles. The van der Waals surface area contributed by atoms with E-state index in [0.29, 0.717) is 10.8 Å². The lowest BCUT2D eigenvalue weighted by Gasteiger charge is -2.39. The molecule has 11 heteroatoms. The Morgan fingerprint density at radius 2 is 1.80 bits per heavy atom. The van der Waals surface area contributed by atoms with E-state index in [0.717, 1.165) is 21.2 Å². The highest BCUT2D eigenvalue weighted by atomic mass is 32.2. The second-order valence-corrected chi connectivity index (χ2v) is 12.1. The third-order valence-electron chi connectivity index (χ3n) is 5.98. The number of rotatable bonds is 9. The zero-order valence-electron chi connectivity index (χ0n) is 20.1. The van der Waals surface area contributed by atoms with Gasteiger partial charge in [0.25, 0.3) is 10.0 Å². The summed E-state index contributed by atoms with van der Waals surface area (Å²) in [6.45, 7) is 5.96. The molecule has 2 aromatic rings. The van der Waals surface area contributed by atoms with Gasteiger partial charge < -0.3 is 15.3 Å². The van der Waals surface area contributed by atoms with Crippen LogP contribution in [0.15, 0.2) is 40.6 Å². The summed E-state index contributed by atoms with van der Waals surface area (Å²) >= 11 is 1.00. The first-order valence-electron chi connectivity index (χ1n) is 11.4. The molecule has 2 N–H and O–H groups in total. The number of benzene rings is 1. The molecule has 0 spiro atoms. The standard InChI is InChI=1S/C24H31N3O6S2/c1-16(2)19-6-4-18(5-7-19)14-25-24(31)21-15-26(17(3)28)12-13-27(21)35(32,33)23-11-9-20(34-23)8-10-22(29)30/h4-7,9,11,16,21H,8,10,12-15H2,1-3H3,(H,25,31)(H,29,30). The zero-order valence-corrected chi connectivity index (χ0v) is 21.7. The maximum atomic E-state index is 13.4. The number of nitrogens with one attached hydrogen (secondary N) is 1. The van der Waals surface area contributed by atoms with E-state index in [1.165, 1.54) is 23.5 Å². The number of carbonyl (C=O) groups is 3. The molecule has 1 aromatic carbocycles. The monoisotopic (exact) mass is 521 g/mol. The van der Waals surface area contributed by atoms with Crippen LogP contribution >= 0.6 is 11.3 Å². The molecule has 0 radical (unpaired) electrons. The van der Waals surface area contributed by atoms with Gasteiger partial charge in [-0.2, -0.15) is 4.31 Å². The van der Waals surface area contributed by atoms with Gasteiger partial charge in [-0.25, -0.2) is 8.42 Å². The number of nitrogens with zero attached hydrogens (tertiary/aromatic N) is 2. The lowest BCUT2D eigenvalue weighted by molar-refractivity contribution is -0.137. The van der Waals surface area contributed by atoms with Crippen LogP contribution in [0.25, 0.3) is 0 Å². The molecule has 2 amide bonds. The van der Waals surface area contributed by atoms with Crippen LogP contribution in [0.4, 0.5) is 0 Å². The summed E-state index contributed by atoms with van der Waals surface area (Å²) in [7, 11) is -4.02. The molecule has 9 nitrogen and oxygen atoms in total. The number of sulfonamides is 1. The number of hydrogen-bond acceptors (Lipinski definition) is 6. The van der Waals surface area contributed by atoms with Crippen LogP contribution in [-0.2, 0) is 37.4 Å². The predicted octanol–water partition coefficient (Wildman–Crippen LogP) is 2.43. The zero-order chi connectivity index (χ0) is 25.8. The van der Waals surface area contributed by atoms with Crippen LogP contribution < -0.4 is 5.32 Å². The Hall–Kier alpha value is -2.76. The van der Waals surface area contributed by atoms with E-state index < -0.39 is 27.9 Å². The van der Waals surface area contributed by atoms with Crippen LogP contribution in [0.3, 0.4) is 0 Å². The van der Waals surface area contributed by atoms with E-state index in [-0.39, 0.29) is 49.1 Å². The summed E-state index contributed by atoms with van der Waals surface area (Å²) in [4.78, 5) is 38.1. The van der Waals surface area contributed by atoms with Gasteiger partial charge >= 0.3 is 5.97 Å². The summed E-state index contributed by atoms with van der Waals surface area (Å²) in [5.41, 5.74) is 2.07. The number of carboxylic acids is 1. The summed E-state index contributed by atoms with van der Waals surface area (Å²) in [5.74, 6) is -1.27. The van der Waals surface area contributed by atoms with Crippen molar-refractivity contribution in [2.75, 3.05) is 19.6 Å². The number of carbonyl (C=O) groups excluding carboxylic acids is 2. The van der Waals surface area contributed by atoms with Crippen molar-refractivity contribution in [3.8, 4) is 0 Å². The largest absolute Gasteiger partial charge is 0.481 e. The maximum Gasteiger partial charge on any atom is 0.303 e. The smallest absolute Gasteiger partial charge is 0.303 e.